The lowest BCUT2D eigenvalue weighted by molar-refractivity contribution is -0.143. The third-order valence-corrected chi connectivity index (χ3v) is 5.13. The molecule has 0 aliphatic carbocycles. The largest absolute Gasteiger partial charge is 0.466 e. The third kappa shape index (κ3) is 4.23. The molecule has 0 radical (unpaired) electrons. The molecule has 0 amide bonds. The number of aromatic nitrogens is 3. The molecular formula is C23H20F3N3O3. The molecule has 4 aromatic rings. The number of nitrogens with zero attached hydrogens (tertiary/aromatic N) is 3. The first-order chi connectivity index (χ1) is 15.3. The van der Waals surface area contributed by atoms with Crippen molar-refractivity contribution in [3.63, 3.8) is 0 Å². The van der Waals surface area contributed by atoms with Gasteiger partial charge in [-0.3, -0.25) is 4.79 Å². The second kappa shape index (κ2) is 8.49. The molecule has 0 N–H and O–H groups in total. The molecule has 0 aliphatic heterocycles. The van der Waals surface area contributed by atoms with Crippen LogP contribution in [0.5, 0.6) is 0 Å². The summed E-state index contributed by atoms with van der Waals surface area (Å²) in [5.74, 6) is -0.00300. The Bertz CT molecular complexity index is 1270. The molecule has 166 valence electrons. The molecule has 0 unspecified atom stereocenters. The van der Waals surface area contributed by atoms with Gasteiger partial charge in [-0.05, 0) is 43.7 Å². The van der Waals surface area contributed by atoms with Crippen LogP contribution in [0, 0.1) is 6.92 Å². The Balaban J connectivity index is 1.65. The summed E-state index contributed by atoms with van der Waals surface area (Å²) in [4.78, 5) is 16.0. The van der Waals surface area contributed by atoms with Gasteiger partial charge in [-0.1, -0.05) is 23.4 Å². The van der Waals surface area contributed by atoms with Crippen molar-refractivity contribution in [2.45, 2.75) is 33.0 Å². The summed E-state index contributed by atoms with van der Waals surface area (Å²) in [5.41, 5.74) is 1.12. The zero-order valence-corrected chi connectivity index (χ0v) is 17.4. The Hall–Kier alpha value is -3.62. The van der Waals surface area contributed by atoms with Crippen molar-refractivity contribution < 1.29 is 27.2 Å². The lowest BCUT2D eigenvalue weighted by Crippen LogP contribution is -2.08. The molecule has 4 rings (SSSR count). The summed E-state index contributed by atoms with van der Waals surface area (Å²) >= 11 is 0. The van der Waals surface area contributed by atoms with Crippen LogP contribution in [0.15, 0.2) is 53.2 Å². The molecule has 6 nitrogen and oxygen atoms in total. The second-order valence-electron chi connectivity index (χ2n) is 7.25. The highest BCUT2D eigenvalue weighted by Gasteiger charge is 2.33. The summed E-state index contributed by atoms with van der Waals surface area (Å²) in [6.45, 7) is 3.95. The van der Waals surface area contributed by atoms with E-state index in [0.29, 0.717) is 18.7 Å². The minimum Gasteiger partial charge on any atom is -0.466 e. The normalized spacial score (nSPS) is 11.8. The molecular weight excluding hydrogens is 423 g/mol. The highest BCUT2D eigenvalue weighted by molar-refractivity contribution is 5.94. The van der Waals surface area contributed by atoms with Crippen LogP contribution in [-0.2, 0) is 22.3 Å². The average molecular weight is 443 g/mol. The van der Waals surface area contributed by atoms with Gasteiger partial charge in [0.05, 0.1) is 18.6 Å². The SMILES string of the molecule is CCOC(=O)CCn1ccc2c(-c3noc(-c4ccc(C)c(C(F)(F)F)c4)n3)cccc21. The number of esters is 1. The Kier molecular flexibility index (Phi) is 5.73. The summed E-state index contributed by atoms with van der Waals surface area (Å²) in [7, 11) is 0. The number of aryl methyl sites for hydroxylation is 2. The van der Waals surface area contributed by atoms with E-state index in [2.05, 4.69) is 10.1 Å². The van der Waals surface area contributed by atoms with E-state index in [1.807, 2.05) is 35.0 Å². The minimum absolute atomic E-state index is 0.00393. The number of carbonyl (C=O) groups is 1. The molecule has 2 aromatic carbocycles. The number of hydrogen-bond acceptors (Lipinski definition) is 5. The molecule has 0 atom stereocenters. The number of carbonyl (C=O) groups excluding carboxylic acids is 1. The Morgan fingerprint density at radius 3 is 2.75 bits per heavy atom. The van der Waals surface area contributed by atoms with Gasteiger partial charge in [0.2, 0.25) is 5.82 Å². The standard InChI is InChI=1S/C23H20F3N3O3/c1-3-31-20(30)10-12-29-11-9-16-17(5-4-6-19(16)29)21-27-22(32-28-21)15-8-7-14(2)18(13-15)23(24,25)26/h4-9,11,13H,3,10,12H2,1-2H3. The molecule has 0 saturated carbocycles. The highest BCUT2D eigenvalue weighted by Crippen LogP contribution is 2.35. The van der Waals surface area contributed by atoms with Crippen molar-refractivity contribution in [2.75, 3.05) is 6.61 Å². The Morgan fingerprint density at radius 2 is 2.00 bits per heavy atom. The first-order valence-corrected chi connectivity index (χ1v) is 10.0. The highest BCUT2D eigenvalue weighted by atomic mass is 19.4. The third-order valence-electron chi connectivity index (χ3n) is 5.13. The van der Waals surface area contributed by atoms with Gasteiger partial charge in [0, 0.05) is 34.8 Å². The molecule has 0 fully saturated rings. The number of hydrogen-bond donors (Lipinski definition) is 0. The van der Waals surface area contributed by atoms with Crippen LogP contribution in [-0.4, -0.2) is 27.3 Å². The lowest BCUT2D eigenvalue weighted by atomic mass is 10.0. The zero-order chi connectivity index (χ0) is 22.9. The minimum atomic E-state index is -4.47. The average Bonchev–Trinajstić information content (AvgIpc) is 3.39. The fourth-order valence-corrected chi connectivity index (χ4v) is 3.57. The van der Waals surface area contributed by atoms with E-state index in [-0.39, 0.29) is 35.2 Å². The molecule has 32 heavy (non-hydrogen) atoms. The predicted octanol–water partition coefficient (Wildman–Crippen LogP) is 5.64. The predicted molar refractivity (Wildman–Crippen MR) is 112 cm³/mol. The first kappa shape index (κ1) is 21.6. The van der Waals surface area contributed by atoms with Gasteiger partial charge >= 0.3 is 12.1 Å². The number of alkyl halides is 3. The number of rotatable bonds is 6. The van der Waals surface area contributed by atoms with Crippen molar-refractivity contribution >= 4 is 16.9 Å². The molecule has 9 heteroatoms. The van der Waals surface area contributed by atoms with Gasteiger partial charge < -0.3 is 13.8 Å². The monoisotopic (exact) mass is 443 g/mol. The van der Waals surface area contributed by atoms with Crippen LogP contribution < -0.4 is 0 Å². The number of benzene rings is 2. The summed E-state index contributed by atoms with van der Waals surface area (Å²) in [6, 6.07) is 11.3. The number of halogens is 3. The van der Waals surface area contributed by atoms with Crippen LogP contribution >= 0.6 is 0 Å². The zero-order valence-electron chi connectivity index (χ0n) is 17.4. The summed E-state index contributed by atoms with van der Waals surface area (Å²) < 4.78 is 51.9. The molecule has 2 aromatic heterocycles. The molecule has 0 saturated heterocycles. The van der Waals surface area contributed by atoms with Crippen LogP contribution in [0.1, 0.15) is 24.5 Å². The van der Waals surface area contributed by atoms with Crippen LogP contribution in [0.25, 0.3) is 33.7 Å². The van der Waals surface area contributed by atoms with E-state index in [0.717, 1.165) is 17.0 Å². The van der Waals surface area contributed by atoms with Crippen LogP contribution in [0.4, 0.5) is 13.2 Å². The van der Waals surface area contributed by atoms with E-state index in [4.69, 9.17) is 9.26 Å². The van der Waals surface area contributed by atoms with Gasteiger partial charge in [-0.2, -0.15) is 18.2 Å². The Labute approximate surface area is 181 Å². The van der Waals surface area contributed by atoms with Gasteiger partial charge in [-0.25, -0.2) is 0 Å². The summed E-state index contributed by atoms with van der Waals surface area (Å²) in [5, 5.41) is 4.82. The van der Waals surface area contributed by atoms with E-state index >= 15 is 0 Å². The van der Waals surface area contributed by atoms with Crippen molar-refractivity contribution in [3.8, 4) is 22.8 Å². The maximum absolute atomic E-state index is 13.2. The van der Waals surface area contributed by atoms with Crippen LogP contribution in [0.2, 0.25) is 0 Å². The summed E-state index contributed by atoms with van der Waals surface area (Å²) in [6.07, 6.45) is -2.38. The molecule has 0 spiro atoms. The topological polar surface area (TPSA) is 70.2 Å². The van der Waals surface area contributed by atoms with Crippen LogP contribution in [0.3, 0.4) is 0 Å². The fraction of sp³-hybridized carbons (Fsp3) is 0.261. The van der Waals surface area contributed by atoms with Crippen molar-refractivity contribution in [2.24, 2.45) is 0 Å². The molecule has 2 heterocycles. The van der Waals surface area contributed by atoms with E-state index in [1.54, 1.807) is 6.92 Å². The van der Waals surface area contributed by atoms with Gasteiger partial charge in [-0.15, -0.1) is 0 Å². The maximum Gasteiger partial charge on any atom is 0.416 e. The van der Waals surface area contributed by atoms with Crippen molar-refractivity contribution in [1.29, 1.82) is 0 Å². The molecule has 0 aliphatic rings. The van der Waals surface area contributed by atoms with E-state index in [1.165, 1.54) is 19.1 Å². The number of fused-ring (bicyclic) bond motifs is 1. The second-order valence-corrected chi connectivity index (χ2v) is 7.25. The first-order valence-electron chi connectivity index (χ1n) is 10.0. The van der Waals surface area contributed by atoms with Gasteiger partial charge in [0.15, 0.2) is 0 Å². The fourth-order valence-electron chi connectivity index (χ4n) is 3.57. The Morgan fingerprint density at radius 1 is 1.19 bits per heavy atom. The van der Waals surface area contributed by atoms with E-state index < -0.39 is 11.7 Å². The van der Waals surface area contributed by atoms with E-state index in [9.17, 15) is 18.0 Å². The van der Waals surface area contributed by atoms with Gasteiger partial charge in [0.1, 0.15) is 0 Å². The molecule has 0 bridgehead atoms. The van der Waals surface area contributed by atoms with Crippen molar-refractivity contribution in [3.05, 3.63) is 59.8 Å². The quantitative estimate of drug-likeness (QED) is 0.361. The van der Waals surface area contributed by atoms with Crippen molar-refractivity contribution in [1.82, 2.24) is 14.7 Å². The van der Waals surface area contributed by atoms with Gasteiger partial charge in [0.25, 0.3) is 5.89 Å². The maximum atomic E-state index is 13.2. The smallest absolute Gasteiger partial charge is 0.416 e. The lowest BCUT2D eigenvalue weighted by Gasteiger charge is -2.10. The number of ether oxygens (including phenoxy) is 1.